The Kier molecular flexibility index (Phi) is 6.60. The number of carbonyl (C=O) groups is 1. The predicted octanol–water partition coefficient (Wildman–Crippen LogP) is 4.47. The molecule has 2 saturated carbocycles. The number of nitrogens with zero attached hydrogens (tertiary/aromatic N) is 2. The van der Waals surface area contributed by atoms with Gasteiger partial charge >= 0.3 is 5.92 Å². The van der Waals surface area contributed by atoms with E-state index in [1.165, 1.54) is 12.1 Å². The van der Waals surface area contributed by atoms with Crippen LogP contribution in [0.5, 0.6) is 11.6 Å². The van der Waals surface area contributed by atoms with Gasteiger partial charge in [0.2, 0.25) is 17.6 Å². The highest BCUT2D eigenvalue weighted by molar-refractivity contribution is 7.93. The number of aromatic nitrogens is 2. The molecule has 0 bridgehead atoms. The number of benzene rings is 1. The van der Waals surface area contributed by atoms with Crippen LogP contribution in [-0.4, -0.2) is 42.5 Å². The van der Waals surface area contributed by atoms with E-state index in [4.69, 9.17) is 4.74 Å². The van der Waals surface area contributed by atoms with Gasteiger partial charge in [-0.25, -0.2) is 22.2 Å². The van der Waals surface area contributed by atoms with Gasteiger partial charge in [-0.05, 0) is 30.9 Å². The fourth-order valence-electron chi connectivity index (χ4n) is 3.73. The van der Waals surface area contributed by atoms with Gasteiger partial charge in [-0.3, -0.25) is 4.79 Å². The van der Waals surface area contributed by atoms with Crippen molar-refractivity contribution in [3.8, 4) is 11.6 Å². The summed E-state index contributed by atoms with van der Waals surface area (Å²) in [5.74, 6) is -9.68. The van der Waals surface area contributed by atoms with Gasteiger partial charge < -0.3 is 10.1 Å². The molecule has 188 valence electrons. The molecule has 35 heavy (non-hydrogen) atoms. The largest absolute Gasteiger partial charge is 0.438 e. The summed E-state index contributed by atoms with van der Waals surface area (Å²) in [6.45, 7) is 0. The van der Waals surface area contributed by atoms with Crippen molar-refractivity contribution < 1.29 is 35.5 Å². The number of ether oxygens (including phenoxy) is 1. The van der Waals surface area contributed by atoms with Crippen LogP contribution in [0.1, 0.15) is 41.9 Å². The third-order valence-electron chi connectivity index (χ3n) is 5.80. The number of halogens is 4. The van der Waals surface area contributed by atoms with Crippen molar-refractivity contribution >= 4 is 15.7 Å². The zero-order valence-corrected chi connectivity index (χ0v) is 19.4. The minimum Gasteiger partial charge on any atom is -0.438 e. The average Bonchev–Trinajstić information content (AvgIpc) is 3.61. The molecule has 4 rings (SSSR count). The van der Waals surface area contributed by atoms with Crippen LogP contribution in [0, 0.1) is 11.8 Å². The number of para-hydroxylation sites is 1. The topological polar surface area (TPSA) is 98.2 Å². The zero-order valence-electron chi connectivity index (χ0n) is 18.6. The number of amides is 1. The van der Waals surface area contributed by atoms with Crippen LogP contribution in [0.3, 0.4) is 0 Å². The average molecular weight is 514 g/mol. The molecule has 1 atom stereocenters. The molecule has 2 aliphatic rings. The fraction of sp³-hybridized carbons (Fsp3) is 0.435. The summed E-state index contributed by atoms with van der Waals surface area (Å²) < 4.78 is 84.9. The van der Waals surface area contributed by atoms with Gasteiger partial charge in [0.1, 0.15) is 11.3 Å². The Morgan fingerprint density at radius 3 is 2.46 bits per heavy atom. The van der Waals surface area contributed by atoms with Crippen molar-refractivity contribution in [2.24, 2.45) is 11.8 Å². The summed E-state index contributed by atoms with van der Waals surface area (Å²) >= 11 is 0. The van der Waals surface area contributed by atoms with Crippen LogP contribution in [-0.2, 0) is 15.8 Å². The molecule has 1 aromatic carbocycles. The Bertz CT molecular complexity index is 1230. The molecule has 2 aliphatic carbocycles. The first-order valence-corrected chi connectivity index (χ1v) is 12.8. The van der Waals surface area contributed by atoms with Crippen molar-refractivity contribution in [3.05, 3.63) is 59.4 Å². The van der Waals surface area contributed by atoms with E-state index in [9.17, 15) is 30.8 Å². The molecule has 2 aromatic rings. The molecule has 1 N–H and O–H groups in total. The van der Waals surface area contributed by atoms with Crippen LogP contribution < -0.4 is 10.1 Å². The normalized spacial score (nSPS) is 19.2. The second-order valence-corrected chi connectivity index (χ2v) is 10.8. The summed E-state index contributed by atoms with van der Waals surface area (Å²) in [6, 6.07) is 7.01. The monoisotopic (exact) mass is 513 g/mol. The fourth-order valence-corrected chi connectivity index (χ4v) is 4.18. The Morgan fingerprint density at radius 2 is 1.89 bits per heavy atom. The minimum atomic E-state index is -3.59. The molecule has 2 fully saturated rings. The molecule has 12 heteroatoms. The van der Waals surface area contributed by atoms with Gasteiger partial charge in [0.25, 0.3) is 5.91 Å². The third kappa shape index (κ3) is 6.16. The Balaban J connectivity index is 1.64. The van der Waals surface area contributed by atoms with E-state index in [1.54, 1.807) is 18.2 Å². The van der Waals surface area contributed by atoms with Gasteiger partial charge in [-0.2, -0.15) is 13.8 Å². The molecule has 0 unspecified atom stereocenters. The first kappa shape index (κ1) is 25.1. The minimum absolute atomic E-state index is 0.230. The lowest BCUT2D eigenvalue weighted by molar-refractivity contribution is -0.114. The number of hydrogen-bond acceptors (Lipinski definition) is 6. The van der Waals surface area contributed by atoms with Crippen molar-refractivity contribution in [1.29, 1.82) is 0 Å². The standard InChI is InChI=1S/C23H23F4N3O4S/c1-35(32,33)10-9-18(14-11-22(24,25)12-14)29-19(31)17-13-28-21(23(26,27)15-7-8-15)30-20(17)34-16-5-3-2-4-6-16/h2-6,9-10,13-15,18H,7-8,11-12H2,1H3,(H,29,31)/b10-9+/t18-/m1/s1. The lowest BCUT2D eigenvalue weighted by Gasteiger charge is -2.39. The van der Waals surface area contributed by atoms with Crippen LogP contribution in [0.25, 0.3) is 0 Å². The van der Waals surface area contributed by atoms with E-state index in [0.29, 0.717) is 12.8 Å². The highest BCUT2D eigenvalue weighted by atomic mass is 32.2. The molecule has 0 aliphatic heterocycles. The first-order valence-electron chi connectivity index (χ1n) is 10.9. The molecular weight excluding hydrogens is 490 g/mol. The van der Waals surface area contributed by atoms with E-state index in [0.717, 1.165) is 23.9 Å². The highest BCUT2D eigenvalue weighted by Gasteiger charge is 2.51. The van der Waals surface area contributed by atoms with E-state index in [-0.39, 0.29) is 11.3 Å². The van der Waals surface area contributed by atoms with Crippen molar-refractivity contribution in [2.45, 2.75) is 43.6 Å². The smallest absolute Gasteiger partial charge is 0.309 e. The number of rotatable bonds is 9. The maximum atomic E-state index is 14.6. The van der Waals surface area contributed by atoms with E-state index in [2.05, 4.69) is 15.3 Å². The summed E-state index contributed by atoms with van der Waals surface area (Å²) in [6.07, 6.45) is 2.53. The van der Waals surface area contributed by atoms with Crippen molar-refractivity contribution in [1.82, 2.24) is 15.3 Å². The quantitative estimate of drug-likeness (QED) is 0.497. The first-order chi connectivity index (χ1) is 16.3. The van der Waals surface area contributed by atoms with Crippen LogP contribution >= 0.6 is 0 Å². The summed E-state index contributed by atoms with van der Waals surface area (Å²) in [5, 5.41) is 3.32. The number of alkyl halides is 4. The molecule has 0 saturated heterocycles. The van der Waals surface area contributed by atoms with Gasteiger partial charge in [0.05, 0.1) is 6.04 Å². The molecule has 1 heterocycles. The Morgan fingerprint density at radius 1 is 1.23 bits per heavy atom. The summed E-state index contributed by atoms with van der Waals surface area (Å²) in [7, 11) is -3.59. The van der Waals surface area contributed by atoms with Crippen LogP contribution in [0.15, 0.2) is 48.0 Å². The van der Waals surface area contributed by atoms with E-state index in [1.807, 2.05) is 0 Å². The number of nitrogens with one attached hydrogen (secondary N) is 1. The highest BCUT2D eigenvalue weighted by Crippen LogP contribution is 2.49. The maximum absolute atomic E-state index is 14.6. The number of hydrogen-bond donors (Lipinski definition) is 1. The lowest BCUT2D eigenvalue weighted by atomic mass is 9.76. The second kappa shape index (κ2) is 9.21. The Labute approximate surface area is 199 Å². The predicted molar refractivity (Wildman–Crippen MR) is 118 cm³/mol. The molecule has 0 spiro atoms. The number of carbonyl (C=O) groups excluding carboxylic acids is 1. The summed E-state index contributed by atoms with van der Waals surface area (Å²) in [5.41, 5.74) is -0.298. The van der Waals surface area contributed by atoms with Gasteiger partial charge in [-0.1, -0.05) is 24.3 Å². The zero-order chi connectivity index (χ0) is 25.4. The molecule has 0 radical (unpaired) electrons. The maximum Gasteiger partial charge on any atom is 0.309 e. The van der Waals surface area contributed by atoms with E-state index >= 15 is 0 Å². The van der Waals surface area contributed by atoms with Crippen LogP contribution in [0.4, 0.5) is 17.6 Å². The van der Waals surface area contributed by atoms with E-state index < -0.39 is 70.0 Å². The van der Waals surface area contributed by atoms with Crippen molar-refractivity contribution in [3.63, 3.8) is 0 Å². The SMILES string of the molecule is CS(=O)(=O)/C=C/[C@@H](NC(=O)c1cnc(C(F)(F)C2CC2)nc1Oc1ccccc1)C1CC(F)(F)C1. The molecule has 1 amide bonds. The molecule has 1 aromatic heterocycles. The summed E-state index contributed by atoms with van der Waals surface area (Å²) in [4.78, 5) is 20.6. The molecular formula is C23H23F4N3O4S. The van der Waals surface area contributed by atoms with Gasteiger partial charge in [0, 0.05) is 36.6 Å². The van der Waals surface area contributed by atoms with Crippen molar-refractivity contribution in [2.75, 3.05) is 6.26 Å². The second-order valence-electron chi connectivity index (χ2n) is 8.91. The third-order valence-corrected chi connectivity index (χ3v) is 6.46. The van der Waals surface area contributed by atoms with Crippen LogP contribution in [0.2, 0.25) is 0 Å². The number of sulfone groups is 1. The van der Waals surface area contributed by atoms with Gasteiger partial charge in [-0.15, -0.1) is 0 Å². The lowest BCUT2D eigenvalue weighted by Crippen LogP contribution is -2.49. The van der Waals surface area contributed by atoms with Gasteiger partial charge in [0.15, 0.2) is 9.84 Å². The Hall–Kier alpha value is -3.02. The molecule has 7 nitrogen and oxygen atoms in total.